The van der Waals surface area contributed by atoms with Crippen molar-refractivity contribution in [2.75, 3.05) is 40.0 Å². The van der Waals surface area contributed by atoms with Gasteiger partial charge >= 0.3 is 0 Å². The quantitative estimate of drug-likeness (QED) is 0.730. The van der Waals surface area contributed by atoms with E-state index >= 15 is 0 Å². The van der Waals surface area contributed by atoms with E-state index in [0.29, 0.717) is 12.7 Å². The fraction of sp³-hybridized carbons (Fsp3) is 0.500. The Balaban J connectivity index is 1.48. The van der Waals surface area contributed by atoms with Crippen molar-refractivity contribution in [3.8, 4) is 0 Å². The molecule has 1 heterocycles. The van der Waals surface area contributed by atoms with Gasteiger partial charge in [-0.2, -0.15) is 0 Å². The van der Waals surface area contributed by atoms with Gasteiger partial charge in [0.25, 0.3) is 0 Å². The fourth-order valence-corrected chi connectivity index (χ4v) is 3.39. The second-order valence-electron chi connectivity index (χ2n) is 6.29. The third-order valence-electron chi connectivity index (χ3n) is 4.75. The standard InChI is InChI=1S/C20H27NO2/c1-22-15-16-23-19-10-13-21(14-11-19)12-9-18-7-4-6-17-5-2-3-8-20(17)18/h2-8,19H,9-16H2,1H3. The van der Waals surface area contributed by atoms with Gasteiger partial charge in [0.05, 0.1) is 19.3 Å². The minimum absolute atomic E-state index is 0.416. The zero-order chi connectivity index (χ0) is 15.9. The molecule has 2 aromatic rings. The molecule has 124 valence electrons. The third-order valence-corrected chi connectivity index (χ3v) is 4.75. The normalized spacial score (nSPS) is 16.9. The molecule has 1 aliphatic rings. The summed E-state index contributed by atoms with van der Waals surface area (Å²) in [6.45, 7) is 4.84. The minimum atomic E-state index is 0.416. The van der Waals surface area contributed by atoms with Gasteiger partial charge in [-0.1, -0.05) is 42.5 Å². The second-order valence-corrected chi connectivity index (χ2v) is 6.29. The van der Waals surface area contributed by atoms with Crippen LogP contribution < -0.4 is 0 Å². The van der Waals surface area contributed by atoms with Gasteiger partial charge in [-0.3, -0.25) is 0 Å². The highest BCUT2D eigenvalue weighted by Crippen LogP contribution is 2.20. The number of hydrogen-bond acceptors (Lipinski definition) is 3. The largest absolute Gasteiger partial charge is 0.382 e. The molecule has 0 spiro atoms. The summed E-state index contributed by atoms with van der Waals surface area (Å²) in [4.78, 5) is 2.57. The molecule has 3 heteroatoms. The van der Waals surface area contributed by atoms with Crippen LogP contribution in [0.1, 0.15) is 18.4 Å². The molecule has 2 aromatic carbocycles. The zero-order valence-corrected chi connectivity index (χ0v) is 14.0. The predicted octanol–water partition coefficient (Wildman–Crippen LogP) is 3.51. The Hall–Kier alpha value is -1.42. The molecule has 0 unspecified atom stereocenters. The Morgan fingerprint density at radius 3 is 2.61 bits per heavy atom. The Kier molecular flexibility index (Phi) is 6.03. The summed E-state index contributed by atoms with van der Waals surface area (Å²) in [6, 6.07) is 15.3. The first-order valence-electron chi connectivity index (χ1n) is 8.66. The van der Waals surface area contributed by atoms with E-state index in [0.717, 1.165) is 45.5 Å². The van der Waals surface area contributed by atoms with Crippen molar-refractivity contribution in [2.45, 2.75) is 25.4 Å². The molecule has 1 fully saturated rings. The van der Waals surface area contributed by atoms with Gasteiger partial charge in [0.2, 0.25) is 0 Å². The van der Waals surface area contributed by atoms with E-state index in [1.54, 1.807) is 7.11 Å². The molecular weight excluding hydrogens is 286 g/mol. The average molecular weight is 313 g/mol. The van der Waals surface area contributed by atoms with Crippen LogP contribution >= 0.6 is 0 Å². The molecule has 0 aromatic heterocycles. The zero-order valence-electron chi connectivity index (χ0n) is 14.0. The number of nitrogens with zero attached hydrogens (tertiary/aromatic N) is 1. The van der Waals surface area contributed by atoms with Crippen LogP contribution in [-0.4, -0.2) is 51.0 Å². The van der Waals surface area contributed by atoms with E-state index in [4.69, 9.17) is 9.47 Å². The lowest BCUT2D eigenvalue weighted by Crippen LogP contribution is -2.38. The molecule has 0 radical (unpaired) electrons. The fourth-order valence-electron chi connectivity index (χ4n) is 3.39. The first-order chi connectivity index (χ1) is 11.4. The Bertz CT molecular complexity index is 600. The molecule has 0 bridgehead atoms. The highest BCUT2D eigenvalue weighted by molar-refractivity contribution is 5.85. The van der Waals surface area contributed by atoms with Crippen LogP contribution in [0.15, 0.2) is 42.5 Å². The monoisotopic (exact) mass is 313 g/mol. The molecule has 1 saturated heterocycles. The second kappa shape index (κ2) is 8.44. The maximum Gasteiger partial charge on any atom is 0.0704 e. The molecule has 0 N–H and O–H groups in total. The van der Waals surface area contributed by atoms with E-state index in [1.807, 2.05) is 0 Å². The summed E-state index contributed by atoms with van der Waals surface area (Å²) in [5, 5.41) is 2.74. The molecule has 0 atom stereocenters. The molecular formula is C20H27NO2. The Morgan fingerprint density at radius 2 is 1.78 bits per heavy atom. The lowest BCUT2D eigenvalue weighted by atomic mass is 10.0. The highest BCUT2D eigenvalue weighted by atomic mass is 16.5. The number of fused-ring (bicyclic) bond motifs is 1. The van der Waals surface area contributed by atoms with Gasteiger partial charge in [-0.25, -0.2) is 0 Å². The number of methoxy groups -OCH3 is 1. The van der Waals surface area contributed by atoms with Gasteiger partial charge < -0.3 is 14.4 Å². The van der Waals surface area contributed by atoms with E-state index in [2.05, 4.69) is 47.4 Å². The van der Waals surface area contributed by atoms with Crippen molar-refractivity contribution in [1.29, 1.82) is 0 Å². The summed E-state index contributed by atoms with van der Waals surface area (Å²) < 4.78 is 10.9. The summed E-state index contributed by atoms with van der Waals surface area (Å²) in [6.07, 6.45) is 3.81. The maximum absolute atomic E-state index is 5.84. The van der Waals surface area contributed by atoms with E-state index < -0.39 is 0 Å². The van der Waals surface area contributed by atoms with Crippen LogP contribution in [-0.2, 0) is 15.9 Å². The topological polar surface area (TPSA) is 21.7 Å². The minimum Gasteiger partial charge on any atom is -0.382 e. The summed E-state index contributed by atoms with van der Waals surface area (Å²) in [5.41, 5.74) is 1.46. The van der Waals surface area contributed by atoms with Crippen LogP contribution in [0.4, 0.5) is 0 Å². The third kappa shape index (κ3) is 4.54. The summed E-state index contributed by atoms with van der Waals surface area (Å²) >= 11 is 0. The van der Waals surface area contributed by atoms with Crippen LogP contribution in [0.5, 0.6) is 0 Å². The van der Waals surface area contributed by atoms with E-state index in [-0.39, 0.29) is 0 Å². The SMILES string of the molecule is COCCOC1CCN(CCc2cccc3ccccc23)CC1. The molecule has 0 aliphatic carbocycles. The maximum atomic E-state index is 5.84. The number of rotatable bonds is 7. The van der Waals surface area contributed by atoms with Gasteiger partial charge in [-0.05, 0) is 35.6 Å². The van der Waals surface area contributed by atoms with Crippen molar-refractivity contribution < 1.29 is 9.47 Å². The van der Waals surface area contributed by atoms with Crippen molar-refractivity contribution >= 4 is 10.8 Å². The molecule has 0 saturated carbocycles. The Labute approximate surface area is 139 Å². The first kappa shape index (κ1) is 16.4. The first-order valence-corrected chi connectivity index (χ1v) is 8.66. The molecule has 3 nitrogen and oxygen atoms in total. The van der Waals surface area contributed by atoms with Gasteiger partial charge in [-0.15, -0.1) is 0 Å². The predicted molar refractivity (Wildman–Crippen MR) is 94.9 cm³/mol. The summed E-state index contributed by atoms with van der Waals surface area (Å²) in [5.74, 6) is 0. The lowest BCUT2D eigenvalue weighted by molar-refractivity contribution is -0.0144. The molecule has 23 heavy (non-hydrogen) atoms. The number of piperidine rings is 1. The van der Waals surface area contributed by atoms with Crippen LogP contribution in [0.25, 0.3) is 10.8 Å². The van der Waals surface area contributed by atoms with Crippen molar-refractivity contribution in [2.24, 2.45) is 0 Å². The van der Waals surface area contributed by atoms with E-state index in [9.17, 15) is 0 Å². The molecule has 1 aliphatic heterocycles. The van der Waals surface area contributed by atoms with Gasteiger partial charge in [0.15, 0.2) is 0 Å². The number of ether oxygens (including phenoxy) is 2. The number of benzene rings is 2. The van der Waals surface area contributed by atoms with Gasteiger partial charge in [0.1, 0.15) is 0 Å². The van der Waals surface area contributed by atoms with Crippen LogP contribution in [0.2, 0.25) is 0 Å². The average Bonchev–Trinajstić information content (AvgIpc) is 2.61. The van der Waals surface area contributed by atoms with Crippen molar-refractivity contribution in [1.82, 2.24) is 4.90 Å². The highest BCUT2D eigenvalue weighted by Gasteiger charge is 2.19. The summed E-state index contributed by atoms with van der Waals surface area (Å²) in [7, 11) is 1.72. The van der Waals surface area contributed by atoms with Crippen LogP contribution in [0, 0.1) is 0 Å². The smallest absolute Gasteiger partial charge is 0.0704 e. The molecule has 3 rings (SSSR count). The molecule has 0 amide bonds. The Morgan fingerprint density at radius 1 is 1.00 bits per heavy atom. The van der Waals surface area contributed by atoms with E-state index in [1.165, 1.54) is 16.3 Å². The van der Waals surface area contributed by atoms with Crippen LogP contribution in [0.3, 0.4) is 0 Å². The van der Waals surface area contributed by atoms with Gasteiger partial charge in [0, 0.05) is 26.7 Å². The van der Waals surface area contributed by atoms with Crippen molar-refractivity contribution in [3.63, 3.8) is 0 Å². The number of hydrogen-bond donors (Lipinski definition) is 0. The van der Waals surface area contributed by atoms with Crippen molar-refractivity contribution in [3.05, 3.63) is 48.0 Å². The lowest BCUT2D eigenvalue weighted by Gasteiger charge is -2.32. The number of likely N-dealkylation sites (tertiary alicyclic amines) is 1.